The van der Waals surface area contributed by atoms with Crippen LogP contribution in [-0.4, -0.2) is 82.9 Å². The van der Waals surface area contributed by atoms with Crippen LogP contribution in [-0.2, 0) is 0 Å². The third kappa shape index (κ3) is 4.04. The lowest BCUT2D eigenvalue weighted by Gasteiger charge is -2.39. The van der Waals surface area contributed by atoms with Crippen molar-refractivity contribution in [3.8, 4) is 23.1 Å². The average Bonchev–Trinajstić information content (AvgIpc) is 3.64. The first-order chi connectivity index (χ1) is 17.0. The minimum absolute atomic E-state index is 0.0235. The van der Waals surface area contributed by atoms with E-state index in [1.165, 1.54) is 28.4 Å². The number of fused-ring (bicyclic) bond motifs is 1. The van der Waals surface area contributed by atoms with Crippen molar-refractivity contribution < 1.29 is 28.5 Å². The molecule has 0 radical (unpaired) electrons. The highest BCUT2D eigenvalue weighted by Crippen LogP contribution is 2.45. The van der Waals surface area contributed by atoms with E-state index in [9.17, 15) is 9.90 Å². The highest BCUT2D eigenvalue weighted by Gasteiger charge is 2.34. The van der Waals surface area contributed by atoms with Crippen LogP contribution in [0.4, 0.5) is 0 Å². The lowest BCUT2D eigenvalue weighted by molar-refractivity contribution is 0.0567. The number of benzene rings is 1. The number of thiazole rings is 1. The Morgan fingerprint density at radius 3 is 2.40 bits per heavy atom. The third-order valence-corrected chi connectivity index (χ3v) is 7.18. The van der Waals surface area contributed by atoms with Gasteiger partial charge in [0, 0.05) is 26.2 Å². The van der Waals surface area contributed by atoms with Crippen molar-refractivity contribution in [3.63, 3.8) is 0 Å². The summed E-state index contributed by atoms with van der Waals surface area (Å²) in [5, 5.41) is 15.2. The van der Waals surface area contributed by atoms with Gasteiger partial charge >= 0.3 is 0 Å². The third-order valence-electron chi connectivity index (χ3n) is 6.09. The number of carbonyl (C=O) groups is 1. The largest absolute Gasteiger partial charge is 0.493 e. The second-order valence-electron chi connectivity index (χ2n) is 7.91. The van der Waals surface area contributed by atoms with E-state index in [1.54, 1.807) is 38.4 Å². The zero-order valence-electron chi connectivity index (χ0n) is 19.5. The molecule has 1 fully saturated rings. The van der Waals surface area contributed by atoms with Crippen molar-refractivity contribution in [1.29, 1.82) is 0 Å². The topological polar surface area (TPSA) is 115 Å². The Morgan fingerprint density at radius 1 is 1.11 bits per heavy atom. The van der Waals surface area contributed by atoms with Crippen molar-refractivity contribution in [2.24, 2.45) is 0 Å². The van der Waals surface area contributed by atoms with Crippen LogP contribution in [0.15, 0.2) is 41.3 Å². The van der Waals surface area contributed by atoms with Crippen LogP contribution in [0.1, 0.15) is 27.0 Å². The van der Waals surface area contributed by atoms with Crippen molar-refractivity contribution in [3.05, 3.63) is 53.1 Å². The molecule has 11 nitrogen and oxygen atoms in total. The van der Waals surface area contributed by atoms with Gasteiger partial charge in [-0.25, -0.2) is 4.98 Å². The fourth-order valence-electron chi connectivity index (χ4n) is 4.40. The number of furan rings is 1. The molecule has 1 N–H and O–H groups in total. The first-order valence-electron chi connectivity index (χ1n) is 10.9. The highest BCUT2D eigenvalue weighted by atomic mass is 32.1. The molecule has 1 aromatic carbocycles. The number of hydrogen-bond donors (Lipinski definition) is 1. The number of aromatic nitrogens is 3. The number of nitrogens with zero attached hydrogens (tertiary/aromatic N) is 5. The Labute approximate surface area is 205 Å². The highest BCUT2D eigenvalue weighted by molar-refractivity contribution is 7.17. The molecule has 0 saturated carbocycles. The number of ether oxygens (including phenoxy) is 3. The fourth-order valence-corrected chi connectivity index (χ4v) is 5.49. The Hall–Kier alpha value is -3.77. The maximum atomic E-state index is 12.8. The smallest absolute Gasteiger partial charge is 0.289 e. The number of piperazine rings is 1. The molecule has 1 atom stereocenters. The molecule has 1 unspecified atom stereocenters. The van der Waals surface area contributed by atoms with Gasteiger partial charge in [-0.05, 0) is 29.8 Å². The second kappa shape index (κ2) is 9.47. The SMILES string of the molecule is COc1cc(C(c2sc3ncnn3c2O)N2CCN(C(=O)c3ccco3)CC2)cc(OC)c1OC. The van der Waals surface area contributed by atoms with E-state index in [0.29, 0.717) is 59.0 Å². The summed E-state index contributed by atoms with van der Waals surface area (Å²) >= 11 is 1.36. The van der Waals surface area contributed by atoms with Crippen molar-refractivity contribution in [2.75, 3.05) is 47.5 Å². The molecule has 35 heavy (non-hydrogen) atoms. The molecule has 1 amide bonds. The zero-order valence-corrected chi connectivity index (χ0v) is 20.3. The van der Waals surface area contributed by atoms with Gasteiger partial charge in [0.2, 0.25) is 16.6 Å². The first-order valence-corrected chi connectivity index (χ1v) is 11.8. The summed E-state index contributed by atoms with van der Waals surface area (Å²) in [5.41, 5.74) is 0.838. The number of amides is 1. The van der Waals surface area contributed by atoms with E-state index in [-0.39, 0.29) is 17.8 Å². The molecule has 0 spiro atoms. The first kappa shape index (κ1) is 23.0. The summed E-state index contributed by atoms with van der Waals surface area (Å²) in [5.74, 6) is 1.71. The van der Waals surface area contributed by atoms with Crippen LogP contribution in [0.5, 0.6) is 23.1 Å². The predicted molar refractivity (Wildman–Crippen MR) is 127 cm³/mol. The van der Waals surface area contributed by atoms with Crippen molar-refractivity contribution in [1.82, 2.24) is 24.4 Å². The van der Waals surface area contributed by atoms with Gasteiger partial charge in [0.1, 0.15) is 6.33 Å². The molecule has 1 aliphatic heterocycles. The molecule has 4 aromatic rings. The van der Waals surface area contributed by atoms with E-state index in [1.807, 2.05) is 12.1 Å². The molecule has 1 aliphatic rings. The van der Waals surface area contributed by atoms with Crippen LogP contribution in [0.2, 0.25) is 0 Å². The molecular weight excluding hydrogens is 474 g/mol. The van der Waals surface area contributed by atoms with Crippen LogP contribution >= 0.6 is 11.3 Å². The van der Waals surface area contributed by atoms with Crippen LogP contribution in [0, 0.1) is 0 Å². The summed E-state index contributed by atoms with van der Waals surface area (Å²) in [7, 11) is 4.68. The van der Waals surface area contributed by atoms with E-state index in [2.05, 4.69) is 15.0 Å². The van der Waals surface area contributed by atoms with Gasteiger partial charge in [-0.1, -0.05) is 11.3 Å². The molecule has 4 heterocycles. The predicted octanol–water partition coefficient (Wildman–Crippen LogP) is 2.66. The maximum absolute atomic E-state index is 12.8. The van der Waals surface area contributed by atoms with Gasteiger partial charge < -0.3 is 28.6 Å². The van der Waals surface area contributed by atoms with Gasteiger partial charge in [0.05, 0.1) is 38.5 Å². The number of aromatic hydroxyl groups is 1. The Morgan fingerprint density at radius 2 is 1.83 bits per heavy atom. The Balaban J connectivity index is 1.52. The number of rotatable bonds is 7. The Bertz CT molecular complexity index is 1300. The summed E-state index contributed by atoms with van der Waals surface area (Å²) in [6.45, 7) is 2.14. The maximum Gasteiger partial charge on any atom is 0.289 e. The molecule has 12 heteroatoms. The normalized spacial score (nSPS) is 15.3. The standard InChI is InChI=1S/C23H25N5O6S/c1-31-16-11-14(12-17(32-2)19(16)33-3)18(20-22(30)28-23(35-20)24-13-25-28)26-6-8-27(9-7-26)21(29)15-5-4-10-34-15/h4-5,10-13,18,30H,6-9H2,1-3H3. The minimum atomic E-state index is -0.363. The second-order valence-corrected chi connectivity index (χ2v) is 8.92. The molecule has 5 rings (SSSR count). The number of methoxy groups -OCH3 is 3. The van der Waals surface area contributed by atoms with E-state index >= 15 is 0 Å². The van der Waals surface area contributed by atoms with Gasteiger partial charge in [-0.2, -0.15) is 9.61 Å². The molecular formula is C23H25N5O6S. The molecule has 1 saturated heterocycles. The monoisotopic (exact) mass is 499 g/mol. The van der Waals surface area contributed by atoms with Gasteiger partial charge in [-0.15, -0.1) is 0 Å². The number of hydrogen-bond acceptors (Lipinski definition) is 10. The summed E-state index contributed by atoms with van der Waals surface area (Å²) in [6.07, 6.45) is 2.90. The molecule has 0 aliphatic carbocycles. The number of carbonyl (C=O) groups excluding carboxylic acids is 1. The van der Waals surface area contributed by atoms with Gasteiger partial charge in [0.25, 0.3) is 5.91 Å². The summed E-state index contributed by atoms with van der Waals surface area (Å²) in [6, 6.07) is 6.76. The quantitative estimate of drug-likeness (QED) is 0.410. The van der Waals surface area contributed by atoms with Crippen LogP contribution < -0.4 is 14.2 Å². The van der Waals surface area contributed by atoms with E-state index < -0.39 is 0 Å². The van der Waals surface area contributed by atoms with Crippen LogP contribution in [0.3, 0.4) is 0 Å². The fraction of sp³-hybridized carbons (Fsp3) is 0.348. The van der Waals surface area contributed by atoms with Crippen molar-refractivity contribution >= 4 is 22.2 Å². The van der Waals surface area contributed by atoms with E-state index in [4.69, 9.17) is 18.6 Å². The molecule has 184 valence electrons. The minimum Gasteiger partial charge on any atom is -0.493 e. The molecule has 3 aromatic heterocycles. The average molecular weight is 500 g/mol. The zero-order chi connectivity index (χ0) is 24.5. The van der Waals surface area contributed by atoms with Gasteiger partial charge in [-0.3, -0.25) is 9.69 Å². The van der Waals surface area contributed by atoms with Gasteiger partial charge in [0.15, 0.2) is 17.3 Å². The summed E-state index contributed by atoms with van der Waals surface area (Å²) in [4.78, 5) is 22.2. The lowest BCUT2D eigenvalue weighted by atomic mass is 10.0. The molecule has 0 bridgehead atoms. The summed E-state index contributed by atoms with van der Waals surface area (Å²) < 4.78 is 23.4. The van der Waals surface area contributed by atoms with E-state index in [0.717, 1.165) is 5.56 Å². The Kier molecular flexibility index (Phi) is 6.22. The lowest BCUT2D eigenvalue weighted by Crippen LogP contribution is -2.49. The van der Waals surface area contributed by atoms with Crippen molar-refractivity contribution in [2.45, 2.75) is 6.04 Å². The van der Waals surface area contributed by atoms with Crippen LogP contribution in [0.25, 0.3) is 4.96 Å².